The third-order valence-corrected chi connectivity index (χ3v) is 2.80. The van der Waals surface area contributed by atoms with Crippen molar-refractivity contribution < 1.29 is 14.7 Å². The highest BCUT2D eigenvalue weighted by Gasteiger charge is 2.05. The lowest BCUT2D eigenvalue weighted by molar-refractivity contribution is 0.0927. The van der Waals surface area contributed by atoms with Crippen molar-refractivity contribution in [3.05, 3.63) is 46.0 Å². The van der Waals surface area contributed by atoms with E-state index in [1.54, 1.807) is 29.7 Å². The predicted octanol–water partition coefficient (Wildman–Crippen LogP) is 1.59. The van der Waals surface area contributed by atoms with Gasteiger partial charge in [-0.3, -0.25) is 4.79 Å². The van der Waals surface area contributed by atoms with Crippen LogP contribution < -0.4 is 5.43 Å². The van der Waals surface area contributed by atoms with E-state index in [1.165, 1.54) is 11.1 Å². The maximum Gasteiger partial charge on any atom is 0.307 e. The first kappa shape index (κ1) is 13.1. The largest absolute Gasteiger partial charge is 0.459 e. The third kappa shape index (κ3) is 3.54. The van der Waals surface area contributed by atoms with Gasteiger partial charge >= 0.3 is 5.91 Å². The molecule has 0 aromatic carbocycles. The zero-order chi connectivity index (χ0) is 11.4. The van der Waals surface area contributed by atoms with E-state index in [1.807, 2.05) is 19.1 Å². The van der Waals surface area contributed by atoms with Crippen LogP contribution in [0.2, 0.25) is 0 Å². The third-order valence-electron chi connectivity index (χ3n) is 1.86. The van der Waals surface area contributed by atoms with Crippen molar-refractivity contribution in [2.45, 2.75) is 6.92 Å². The fourth-order valence-corrected chi connectivity index (χ4v) is 1.89. The van der Waals surface area contributed by atoms with Gasteiger partial charge in [0.1, 0.15) is 0 Å². The standard InChI is InChI=1S/C11H10N2O2S.H2O/c1-8-4-5-9(16-8)7-12-13-11(14)10-3-2-6-15-10;/h2-7H,1H3,(H,13,14);1H2/b12-7+;. The van der Waals surface area contributed by atoms with E-state index in [-0.39, 0.29) is 17.1 Å². The van der Waals surface area contributed by atoms with Crippen molar-refractivity contribution in [1.82, 2.24) is 5.43 Å². The molecule has 0 saturated carbocycles. The Morgan fingerprint density at radius 2 is 2.29 bits per heavy atom. The molecule has 6 heteroatoms. The summed E-state index contributed by atoms with van der Waals surface area (Å²) >= 11 is 1.61. The van der Waals surface area contributed by atoms with Gasteiger partial charge < -0.3 is 9.89 Å². The highest BCUT2D eigenvalue weighted by atomic mass is 32.1. The Labute approximate surface area is 102 Å². The molecule has 17 heavy (non-hydrogen) atoms. The zero-order valence-electron chi connectivity index (χ0n) is 9.14. The van der Waals surface area contributed by atoms with Crippen LogP contribution in [-0.4, -0.2) is 17.6 Å². The lowest BCUT2D eigenvalue weighted by atomic mass is 10.4. The molecule has 5 nitrogen and oxygen atoms in total. The molecule has 0 atom stereocenters. The minimum Gasteiger partial charge on any atom is -0.459 e. The number of hydrogen-bond acceptors (Lipinski definition) is 4. The van der Waals surface area contributed by atoms with Crippen LogP contribution in [0.5, 0.6) is 0 Å². The second-order valence-electron chi connectivity index (χ2n) is 3.12. The summed E-state index contributed by atoms with van der Waals surface area (Å²) in [5.41, 5.74) is 2.39. The smallest absolute Gasteiger partial charge is 0.307 e. The summed E-state index contributed by atoms with van der Waals surface area (Å²) < 4.78 is 4.92. The Balaban J connectivity index is 0.00000144. The molecule has 0 aliphatic carbocycles. The molecule has 0 bridgehead atoms. The first-order chi connectivity index (χ1) is 7.75. The van der Waals surface area contributed by atoms with E-state index < -0.39 is 0 Å². The molecule has 0 aliphatic rings. The highest BCUT2D eigenvalue weighted by molar-refractivity contribution is 7.13. The molecule has 2 aromatic heterocycles. The maximum atomic E-state index is 11.4. The van der Waals surface area contributed by atoms with Crippen LogP contribution in [0.15, 0.2) is 40.0 Å². The summed E-state index contributed by atoms with van der Waals surface area (Å²) in [7, 11) is 0. The number of carbonyl (C=O) groups is 1. The molecule has 1 amide bonds. The predicted molar refractivity (Wildman–Crippen MR) is 66.4 cm³/mol. The van der Waals surface area contributed by atoms with E-state index in [4.69, 9.17) is 4.42 Å². The molecule has 0 saturated heterocycles. The summed E-state index contributed by atoms with van der Waals surface area (Å²) in [5.74, 6) is -0.103. The van der Waals surface area contributed by atoms with Crippen LogP contribution in [0, 0.1) is 6.92 Å². The van der Waals surface area contributed by atoms with E-state index >= 15 is 0 Å². The molecule has 90 valence electrons. The van der Waals surface area contributed by atoms with Gasteiger partial charge in [0.25, 0.3) is 0 Å². The number of rotatable bonds is 3. The van der Waals surface area contributed by atoms with E-state index in [0.717, 1.165) is 4.88 Å². The second kappa shape index (κ2) is 5.97. The van der Waals surface area contributed by atoms with Crippen molar-refractivity contribution in [3.8, 4) is 0 Å². The molecule has 3 N–H and O–H groups in total. The fourth-order valence-electron chi connectivity index (χ4n) is 1.14. The van der Waals surface area contributed by atoms with Crippen molar-refractivity contribution in [1.29, 1.82) is 0 Å². The molecule has 2 rings (SSSR count). The number of hydrazone groups is 1. The van der Waals surface area contributed by atoms with Crippen LogP contribution in [0.25, 0.3) is 0 Å². The van der Waals surface area contributed by atoms with Crippen molar-refractivity contribution in [2.75, 3.05) is 0 Å². The van der Waals surface area contributed by atoms with Crippen LogP contribution in [0.4, 0.5) is 0 Å². The number of carbonyl (C=O) groups excluding carboxylic acids is 1. The van der Waals surface area contributed by atoms with Crippen LogP contribution in [0.1, 0.15) is 20.3 Å². The molecular weight excluding hydrogens is 240 g/mol. The minimum atomic E-state index is -0.352. The van der Waals surface area contributed by atoms with Crippen molar-refractivity contribution >= 4 is 23.5 Å². The Morgan fingerprint density at radius 1 is 1.47 bits per heavy atom. The lowest BCUT2D eigenvalue weighted by Crippen LogP contribution is -2.16. The zero-order valence-corrected chi connectivity index (χ0v) is 9.95. The first-order valence-electron chi connectivity index (χ1n) is 4.69. The Kier molecular flexibility index (Phi) is 4.62. The molecule has 2 heterocycles. The van der Waals surface area contributed by atoms with Crippen LogP contribution in [0.3, 0.4) is 0 Å². The maximum absolute atomic E-state index is 11.4. The number of furan rings is 1. The van der Waals surface area contributed by atoms with Gasteiger partial charge in [-0.15, -0.1) is 11.3 Å². The summed E-state index contributed by atoms with van der Waals surface area (Å²) in [5, 5.41) is 3.84. The number of hydrogen-bond donors (Lipinski definition) is 1. The van der Waals surface area contributed by atoms with E-state index in [0.29, 0.717) is 0 Å². The van der Waals surface area contributed by atoms with Gasteiger partial charge in [0.05, 0.1) is 12.5 Å². The Bertz CT molecular complexity index is 503. The molecule has 0 radical (unpaired) electrons. The molecule has 0 unspecified atom stereocenters. The summed E-state index contributed by atoms with van der Waals surface area (Å²) in [4.78, 5) is 13.6. The lowest BCUT2D eigenvalue weighted by Gasteiger charge is -1.93. The Morgan fingerprint density at radius 3 is 2.88 bits per heavy atom. The fraction of sp³-hybridized carbons (Fsp3) is 0.0909. The quantitative estimate of drug-likeness (QED) is 0.664. The SMILES string of the molecule is Cc1ccc(/C=N/NC(=O)c2ccco2)s1.O. The van der Waals surface area contributed by atoms with Crippen LogP contribution in [-0.2, 0) is 0 Å². The average molecular weight is 252 g/mol. The number of nitrogens with zero attached hydrogens (tertiary/aromatic N) is 1. The van der Waals surface area contributed by atoms with Crippen molar-refractivity contribution in [3.63, 3.8) is 0 Å². The number of nitrogens with one attached hydrogen (secondary N) is 1. The molecule has 2 aromatic rings. The number of thiophene rings is 1. The topological polar surface area (TPSA) is 86.1 Å². The summed E-state index contributed by atoms with van der Waals surface area (Å²) in [6.45, 7) is 2.02. The van der Waals surface area contributed by atoms with Gasteiger partial charge in [-0.05, 0) is 31.2 Å². The first-order valence-corrected chi connectivity index (χ1v) is 5.51. The van der Waals surface area contributed by atoms with Gasteiger partial charge in [-0.1, -0.05) is 0 Å². The second-order valence-corrected chi connectivity index (χ2v) is 4.44. The summed E-state index contributed by atoms with van der Waals surface area (Å²) in [6.07, 6.45) is 3.06. The normalized spacial score (nSPS) is 10.2. The van der Waals surface area contributed by atoms with Crippen LogP contribution >= 0.6 is 11.3 Å². The minimum absolute atomic E-state index is 0. The number of aryl methyl sites for hydroxylation is 1. The van der Waals surface area contributed by atoms with E-state index in [2.05, 4.69) is 10.5 Å². The average Bonchev–Trinajstić information content (AvgIpc) is 2.89. The monoisotopic (exact) mass is 252 g/mol. The molecule has 0 spiro atoms. The van der Waals surface area contributed by atoms with Gasteiger partial charge in [0.2, 0.25) is 0 Å². The van der Waals surface area contributed by atoms with Gasteiger partial charge in [0.15, 0.2) is 5.76 Å². The summed E-state index contributed by atoms with van der Waals surface area (Å²) in [6, 6.07) is 7.18. The highest BCUT2D eigenvalue weighted by Crippen LogP contribution is 2.12. The van der Waals surface area contributed by atoms with Gasteiger partial charge in [-0.2, -0.15) is 5.10 Å². The van der Waals surface area contributed by atoms with Gasteiger partial charge in [-0.25, -0.2) is 5.43 Å². The van der Waals surface area contributed by atoms with E-state index in [9.17, 15) is 4.79 Å². The Hall–Kier alpha value is -1.92. The molecule has 0 aliphatic heterocycles. The van der Waals surface area contributed by atoms with Gasteiger partial charge in [0, 0.05) is 9.75 Å². The number of amides is 1. The molecular formula is C11H12N2O3S. The van der Waals surface area contributed by atoms with Crippen molar-refractivity contribution in [2.24, 2.45) is 5.10 Å². The molecule has 0 fully saturated rings.